The highest BCUT2D eigenvalue weighted by molar-refractivity contribution is 6.30. The van der Waals surface area contributed by atoms with Crippen molar-refractivity contribution in [3.63, 3.8) is 0 Å². The van der Waals surface area contributed by atoms with Crippen molar-refractivity contribution in [3.8, 4) is 0 Å². The average molecular weight is 310 g/mol. The van der Waals surface area contributed by atoms with Crippen molar-refractivity contribution in [1.82, 2.24) is 5.32 Å². The Bertz CT molecular complexity index is 486. The second kappa shape index (κ2) is 7.66. The highest BCUT2D eigenvalue weighted by Gasteiger charge is 2.25. The van der Waals surface area contributed by atoms with Crippen molar-refractivity contribution < 1.29 is 4.79 Å². The van der Waals surface area contributed by atoms with E-state index in [1.807, 2.05) is 18.2 Å². The maximum absolute atomic E-state index is 11.5. The molecular formula is C16H24ClN3O. The molecule has 1 aromatic rings. The number of primary amides is 1. The Kier molecular flexibility index (Phi) is 5.88. The lowest BCUT2D eigenvalue weighted by atomic mass is 10.1. The van der Waals surface area contributed by atoms with E-state index in [0.717, 1.165) is 42.2 Å². The molecule has 1 fully saturated rings. The van der Waals surface area contributed by atoms with E-state index in [-0.39, 0.29) is 12.5 Å². The number of hydrogen-bond donors (Lipinski definition) is 2. The molecule has 0 aliphatic heterocycles. The van der Waals surface area contributed by atoms with E-state index in [9.17, 15) is 4.79 Å². The summed E-state index contributed by atoms with van der Waals surface area (Å²) in [6.07, 6.45) is 4.68. The van der Waals surface area contributed by atoms with Gasteiger partial charge in [-0.1, -0.05) is 31.4 Å². The van der Waals surface area contributed by atoms with E-state index < -0.39 is 0 Å². The number of halogens is 1. The fourth-order valence-corrected chi connectivity index (χ4v) is 3.23. The summed E-state index contributed by atoms with van der Waals surface area (Å²) in [4.78, 5) is 13.6. The minimum atomic E-state index is -0.286. The molecule has 0 heterocycles. The van der Waals surface area contributed by atoms with Gasteiger partial charge in [0.2, 0.25) is 5.91 Å². The quantitative estimate of drug-likeness (QED) is 0.814. The van der Waals surface area contributed by atoms with Gasteiger partial charge >= 0.3 is 0 Å². The van der Waals surface area contributed by atoms with Crippen LogP contribution >= 0.6 is 11.6 Å². The molecule has 1 saturated carbocycles. The fraction of sp³-hybridized carbons (Fsp3) is 0.562. The molecular weight excluding hydrogens is 286 g/mol. The van der Waals surface area contributed by atoms with Crippen LogP contribution in [-0.2, 0) is 11.3 Å². The van der Waals surface area contributed by atoms with Gasteiger partial charge in [0.25, 0.3) is 0 Å². The lowest BCUT2D eigenvalue weighted by molar-refractivity contribution is -0.116. The van der Waals surface area contributed by atoms with Gasteiger partial charge in [-0.15, -0.1) is 0 Å². The number of hydrogen-bond acceptors (Lipinski definition) is 3. The van der Waals surface area contributed by atoms with Crippen molar-refractivity contribution in [3.05, 3.63) is 28.8 Å². The predicted molar refractivity (Wildman–Crippen MR) is 87.6 cm³/mol. The molecule has 0 bridgehead atoms. The first-order valence-electron chi connectivity index (χ1n) is 7.66. The third-order valence-electron chi connectivity index (χ3n) is 4.01. The summed E-state index contributed by atoms with van der Waals surface area (Å²) in [6.45, 7) is 3.98. The number of nitrogens with two attached hydrogens (primary N) is 1. The maximum atomic E-state index is 11.5. The standard InChI is InChI=1S/C16H24ClN3O/c1-2-19-10-12-9-13(17)7-8-15(12)20(11-16(18)21)14-5-3-4-6-14/h7-9,14,19H,2-6,10-11H2,1H3,(H2,18,21). The molecule has 21 heavy (non-hydrogen) atoms. The molecule has 0 spiro atoms. The van der Waals surface area contributed by atoms with E-state index >= 15 is 0 Å². The van der Waals surface area contributed by atoms with E-state index in [1.54, 1.807) is 0 Å². The summed E-state index contributed by atoms with van der Waals surface area (Å²) in [5, 5.41) is 4.05. The summed E-state index contributed by atoms with van der Waals surface area (Å²) in [6, 6.07) is 6.27. The van der Waals surface area contributed by atoms with Crippen LogP contribution in [0.25, 0.3) is 0 Å². The molecule has 0 radical (unpaired) electrons. The first kappa shape index (κ1) is 16.1. The number of rotatable bonds is 7. The zero-order chi connectivity index (χ0) is 15.2. The van der Waals surface area contributed by atoms with Gasteiger partial charge in [-0.05, 0) is 43.1 Å². The molecule has 4 nitrogen and oxygen atoms in total. The molecule has 5 heteroatoms. The van der Waals surface area contributed by atoms with Crippen LogP contribution in [0, 0.1) is 0 Å². The maximum Gasteiger partial charge on any atom is 0.236 e. The molecule has 1 amide bonds. The van der Waals surface area contributed by atoms with Gasteiger partial charge in [-0.25, -0.2) is 0 Å². The molecule has 3 N–H and O–H groups in total. The third-order valence-corrected chi connectivity index (χ3v) is 4.24. The van der Waals surface area contributed by atoms with E-state index in [2.05, 4.69) is 17.1 Å². The number of benzene rings is 1. The number of carbonyl (C=O) groups is 1. The van der Waals surface area contributed by atoms with Crippen molar-refractivity contribution in [2.45, 2.75) is 45.2 Å². The van der Waals surface area contributed by atoms with Crippen molar-refractivity contribution in [2.75, 3.05) is 18.0 Å². The third kappa shape index (κ3) is 4.35. The fourth-order valence-electron chi connectivity index (χ4n) is 3.03. The highest BCUT2D eigenvalue weighted by atomic mass is 35.5. The van der Waals surface area contributed by atoms with Gasteiger partial charge in [0.05, 0.1) is 6.54 Å². The number of amides is 1. The Morgan fingerprint density at radius 3 is 2.76 bits per heavy atom. The molecule has 116 valence electrons. The monoisotopic (exact) mass is 309 g/mol. The number of anilines is 1. The van der Waals surface area contributed by atoms with E-state index in [4.69, 9.17) is 17.3 Å². The summed E-state index contributed by atoms with van der Waals surface area (Å²) >= 11 is 6.13. The Labute approximate surface area is 131 Å². The Morgan fingerprint density at radius 1 is 1.43 bits per heavy atom. The molecule has 1 aliphatic carbocycles. The summed E-state index contributed by atoms with van der Waals surface area (Å²) in [5.74, 6) is -0.286. The molecule has 1 aromatic carbocycles. The SMILES string of the molecule is CCNCc1cc(Cl)ccc1N(CC(N)=O)C1CCCC1. The molecule has 0 aromatic heterocycles. The first-order chi connectivity index (χ1) is 10.1. The lowest BCUT2D eigenvalue weighted by Gasteiger charge is -2.32. The Balaban J connectivity index is 2.30. The van der Waals surface area contributed by atoms with Crippen LogP contribution in [0.5, 0.6) is 0 Å². The van der Waals surface area contributed by atoms with Gasteiger partial charge in [-0.2, -0.15) is 0 Å². The Morgan fingerprint density at radius 2 is 2.14 bits per heavy atom. The van der Waals surface area contributed by atoms with Crippen LogP contribution in [0.4, 0.5) is 5.69 Å². The summed E-state index contributed by atoms with van der Waals surface area (Å²) < 4.78 is 0. The van der Waals surface area contributed by atoms with Crippen LogP contribution < -0.4 is 16.0 Å². The van der Waals surface area contributed by atoms with Crippen LogP contribution in [-0.4, -0.2) is 25.0 Å². The van der Waals surface area contributed by atoms with E-state index in [0.29, 0.717) is 6.04 Å². The van der Waals surface area contributed by atoms with Crippen molar-refractivity contribution >= 4 is 23.2 Å². The summed E-state index contributed by atoms with van der Waals surface area (Å²) in [5.41, 5.74) is 7.65. The van der Waals surface area contributed by atoms with Crippen LogP contribution in [0.1, 0.15) is 38.2 Å². The molecule has 0 unspecified atom stereocenters. The predicted octanol–water partition coefficient (Wildman–Crippen LogP) is 2.68. The minimum Gasteiger partial charge on any atom is -0.368 e. The molecule has 0 atom stereocenters. The topological polar surface area (TPSA) is 58.4 Å². The van der Waals surface area contributed by atoms with Crippen molar-refractivity contribution in [2.24, 2.45) is 5.73 Å². The van der Waals surface area contributed by atoms with Gasteiger partial charge in [0.15, 0.2) is 0 Å². The van der Waals surface area contributed by atoms with E-state index in [1.165, 1.54) is 12.8 Å². The van der Waals surface area contributed by atoms with Gasteiger partial charge in [0.1, 0.15) is 0 Å². The number of nitrogens with one attached hydrogen (secondary N) is 1. The van der Waals surface area contributed by atoms with Crippen LogP contribution in [0.3, 0.4) is 0 Å². The van der Waals surface area contributed by atoms with Gasteiger partial charge < -0.3 is 16.0 Å². The van der Waals surface area contributed by atoms with Crippen LogP contribution in [0.15, 0.2) is 18.2 Å². The van der Waals surface area contributed by atoms with Crippen LogP contribution in [0.2, 0.25) is 5.02 Å². The normalized spacial score (nSPS) is 15.3. The first-order valence-corrected chi connectivity index (χ1v) is 8.03. The minimum absolute atomic E-state index is 0.269. The van der Waals surface area contributed by atoms with Crippen molar-refractivity contribution in [1.29, 1.82) is 0 Å². The number of carbonyl (C=O) groups excluding carboxylic acids is 1. The number of nitrogens with zero attached hydrogens (tertiary/aromatic N) is 1. The average Bonchev–Trinajstić information content (AvgIpc) is 2.97. The van der Waals surface area contributed by atoms with Gasteiger partial charge in [-0.3, -0.25) is 4.79 Å². The van der Waals surface area contributed by atoms with Gasteiger partial charge in [0, 0.05) is 23.3 Å². The second-order valence-corrected chi connectivity index (χ2v) is 6.02. The molecule has 2 rings (SSSR count). The summed E-state index contributed by atoms with van der Waals surface area (Å²) in [7, 11) is 0. The molecule has 0 saturated heterocycles. The second-order valence-electron chi connectivity index (χ2n) is 5.59. The smallest absolute Gasteiger partial charge is 0.236 e. The largest absolute Gasteiger partial charge is 0.368 e. The Hall–Kier alpha value is -1.26. The zero-order valence-corrected chi connectivity index (χ0v) is 13.3. The lowest BCUT2D eigenvalue weighted by Crippen LogP contribution is -2.41. The zero-order valence-electron chi connectivity index (χ0n) is 12.6. The highest BCUT2D eigenvalue weighted by Crippen LogP contribution is 2.31. The molecule has 1 aliphatic rings.